The maximum atomic E-state index is 13.8. The van der Waals surface area contributed by atoms with Crippen molar-refractivity contribution in [3.63, 3.8) is 0 Å². The molecule has 5 rings (SSSR count). The van der Waals surface area contributed by atoms with E-state index in [0.717, 1.165) is 16.7 Å². The van der Waals surface area contributed by atoms with E-state index in [1.54, 1.807) is 36.5 Å². The summed E-state index contributed by atoms with van der Waals surface area (Å²) in [7, 11) is 3.07. The van der Waals surface area contributed by atoms with Crippen LogP contribution < -0.4 is 14.8 Å². The van der Waals surface area contributed by atoms with E-state index in [-0.39, 0.29) is 5.69 Å². The Morgan fingerprint density at radius 3 is 2.69 bits per heavy atom. The fourth-order valence-corrected chi connectivity index (χ4v) is 5.91. The van der Waals surface area contributed by atoms with Crippen molar-refractivity contribution in [1.29, 1.82) is 0 Å². The minimum Gasteiger partial charge on any atom is -0.496 e. The van der Waals surface area contributed by atoms with Gasteiger partial charge in [0.1, 0.15) is 23.2 Å². The highest BCUT2D eigenvalue weighted by Gasteiger charge is 2.45. The molecule has 1 saturated heterocycles. The summed E-state index contributed by atoms with van der Waals surface area (Å²) < 4.78 is 24.6. The Kier molecular flexibility index (Phi) is 8.96. The number of ether oxygens (including phenoxy) is 2. The Labute approximate surface area is 254 Å². The number of nitrogens with zero attached hydrogens (tertiary/aromatic N) is 3. The van der Waals surface area contributed by atoms with Gasteiger partial charge in [0, 0.05) is 48.0 Å². The number of aromatic nitrogens is 2. The summed E-state index contributed by atoms with van der Waals surface area (Å²) in [5.41, 5.74) is 2.32. The Balaban J connectivity index is 1.56. The van der Waals surface area contributed by atoms with Crippen LogP contribution >= 0.6 is 23.2 Å². The topological polar surface area (TPSA) is 76.6 Å². The van der Waals surface area contributed by atoms with Gasteiger partial charge < -0.3 is 14.8 Å². The molecule has 1 N–H and O–H groups in total. The number of rotatable bonds is 10. The minimum atomic E-state index is -1.32. The largest absolute Gasteiger partial charge is 0.496 e. The molecule has 0 saturated carbocycles. The molecule has 2 unspecified atom stereocenters. The van der Waals surface area contributed by atoms with Gasteiger partial charge in [-0.2, -0.15) is 0 Å². The number of carbonyl (C=O) groups is 1. The zero-order valence-corrected chi connectivity index (χ0v) is 24.8. The highest BCUT2D eigenvalue weighted by molar-refractivity contribution is 6.34. The van der Waals surface area contributed by atoms with Crippen LogP contribution in [-0.2, 0) is 18.5 Å². The van der Waals surface area contributed by atoms with Crippen LogP contribution in [0.2, 0.25) is 5.02 Å². The maximum Gasteiger partial charge on any atom is 0.271 e. The number of amides is 1. The number of allylic oxidation sites excluding steroid dienone is 3. The number of likely N-dealkylation sites (tertiary alicyclic amines) is 1. The van der Waals surface area contributed by atoms with Gasteiger partial charge in [-0.3, -0.25) is 14.7 Å². The van der Waals surface area contributed by atoms with Crippen LogP contribution in [0.4, 0.5) is 4.39 Å². The smallest absolute Gasteiger partial charge is 0.271 e. The quantitative estimate of drug-likeness (QED) is 0.228. The molecule has 2 aliphatic rings. The molecule has 3 aromatic rings. The van der Waals surface area contributed by atoms with E-state index < -0.39 is 23.0 Å². The van der Waals surface area contributed by atoms with Crippen molar-refractivity contribution in [1.82, 2.24) is 20.2 Å². The number of alkyl halides is 2. The van der Waals surface area contributed by atoms with Gasteiger partial charge in [0.2, 0.25) is 5.88 Å². The lowest BCUT2D eigenvalue weighted by atomic mass is 9.80. The van der Waals surface area contributed by atoms with Gasteiger partial charge in [-0.25, -0.2) is 9.37 Å². The first-order valence-corrected chi connectivity index (χ1v) is 14.3. The molecule has 1 fully saturated rings. The summed E-state index contributed by atoms with van der Waals surface area (Å²) in [6.45, 7) is 4.99. The van der Waals surface area contributed by atoms with E-state index in [1.165, 1.54) is 14.2 Å². The van der Waals surface area contributed by atoms with E-state index in [2.05, 4.69) is 16.9 Å². The van der Waals surface area contributed by atoms with Crippen LogP contribution in [0.5, 0.6) is 11.6 Å². The normalized spacial score (nSPS) is 20.4. The van der Waals surface area contributed by atoms with Crippen molar-refractivity contribution in [2.24, 2.45) is 0 Å². The number of pyridine rings is 2. The highest BCUT2D eigenvalue weighted by atomic mass is 35.5. The predicted molar refractivity (Wildman–Crippen MR) is 163 cm³/mol. The van der Waals surface area contributed by atoms with E-state index in [4.69, 9.17) is 37.7 Å². The molecule has 1 aliphatic carbocycles. The second kappa shape index (κ2) is 12.7. The molecule has 2 aromatic heterocycles. The molecular formula is C32H31Cl2FN4O3. The SMILES string of the molecule is C=CCc1cnc(C(=O)NC2(c3ccc(CN4CC(F)C4)c(OC)n3)C=CC=C(c3ccccc3Cl)C2Cl)cc1OC. The van der Waals surface area contributed by atoms with Crippen LogP contribution in [0, 0.1) is 0 Å². The second-order valence-electron chi connectivity index (χ2n) is 10.2. The van der Waals surface area contributed by atoms with Crippen molar-refractivity contribution in [2.75, 3.05) is 27.3 Å². The molecule has 2 atom stereocenters. The lowest BCUT2D eigenvalue weighted by Gasteiger charge is -2.39. The molecule has 42 heavy (non-hydrogen) atoms. The van der Waals surface area contributed by atoms with E-state index >= 15 is 0 Å². The standard InChI is InChI=1S/C32H31Cl2FN4O3/c1-4-8-20-16-36-26(15-27(20)41-2)30(40)38-32(14-7-10-24(29(32)34)23-9-5-6-11-25(23)33)28-13-12-21(31(37-28)42-3)17-39-18-22(35)19-39/h4-7,9-16,22,29H,1,8,17-19H2,2-3H3,(H,38,40). The molecule has 10 heteroatoms. The van der Waals surface area contributed by atoms with Crippen LogP contribution in [0.1, 0.15) is 32.9 Å². The first-order valence-electron chi connectivity index (χ1n) is 13.4. The predicted octanol–water partition coefficient (Wildman–Crippen LogP) is 5.92. The lowest BCUT2D eigenvalue weighted by molar-refractivity contribution is 0.0582. The third-order valence-electron chi connectivity index (χ3n) is 7.44. The molecule has 0 spiro atoms. The summed E-state index contributed by atoms with van der Waals surface area (Å²) in [4.78, 5) is 25.0. The Bertz CT molecular complexity index is 1560. The summed E-state index contributed by atoms with van der Waals surface area (Å²) in [5.74, 6) is 0.407. The van der Waals surface area contributed by atoms with Gasteiger partial charge in [0.25, 0.3) is 5.91 Å². The summed E-state index contributed by atoms with van der Waals surface area (Å²) >= 11 is 13.9. The van der Waals surface area contributed by atoms with Crippen molar-refractivity contribution in [2.45, 2.75) is 30.1 Å². The number of methoxy groups -OCH3 is 2. The zero-order valence-electron chi connectivity index (χ0n) is 23.3. The number of carbonyl (C=O) groups excluding carboxylic acids is 1. The number of halogens is 3. The average Bonchev–Trinajstić information content (AvgIpc) is 2.98. The number of hydrogen-bond donors (Lipinski definition) is 1. The lowest BCUT2D eigenvalue weighted by Crippen LogP contribution is -2.52. The summed E-state index contributed by atoms with van der Waals surface area (Å²) in [6.07, 6.45) is 8.55. The van der Waals surface area contributed by atoms with Gasteiger partial charge in [0.15, 0.2) is 0 Å². The van der Waals surface area contributed by atoms with Crippen LogP contribution in [0.3, 0.4) is 0 Å². The molecule has 3 heterocycles. The number of benzene rings is 1. The molecule has 1 aliphatic heterocycles. The molecule has 1 aromatic carbocycles. The molecule has 0 bridgehead atoms. The number of hydrogen-bond acceptors (Lipinski definition) is 6. The zero-order chi connectivity index (χ0) is 29.9. The van der Waals surface area contributed by atoms with E-state index in [0.29, 0.717) is 54.0 Å². The fourth-order valence-electron chi connectivity index (χ4n) is 5.24. The second-order valence-corrected chi connectivity index (χ2v) is 11.0. The number of nitrogens with one attached hydrogen (secondary N) is 1. The first kappa shape index (κ1) is 29.8. The summed E-state index contributed by atoms with van der Waals surface area (Å²) in [6, 6.07) is 12.6. The van der Waals surface area contributed by atoms with Crippen molar-refractivity contribution >= 4 is 34.7 Å². The van der Waals surface area contributed by atoms with Gasteiger partial charge in [-0.1, -0.05) is 60.2 Å². The van der Waals surface area contributed by atoms with Gasteiger partial charge >= 0.3 is 0 Å². The van der Waals surface area contributed by atoms with Crippen molar-refractivity contribution in [3.05, 3.63) is 113 Å². The minimum absolute atomic E-state index is 0.146. The van der Waals surface area contributed by atoms with E-state index in [9.17, 15) is 9.18 Å². The third kappa shape index (κ3) is 5.79. The Hall–Kier alpha value is -3.72. The van der Waals surface area contributed by atoms with Gasteiger partial charge in [0.05, 0.1) is 25.3 Å². The van der Waals surface area contributed by atoms with Crippen molar-refractivity contribution in [3.8, 4) is 11.6 Å². The Morgan fingerprint density at radius 2 is 2.00 bits per heavy atom. The molecule has 0 radical (unpaired) electrons. The van der Waals surface area contributed by atoms with Crippen LogP contribution in [0.25, 0.3) is 5.57 Å². The average molecular weight is 610 g/mol. The summed E-state index contributed by atoms with van der Waals surface area (Å²) in [5, 5.41) is 2.82. The fraction of sp³-hybridized carbons (Fsp3) is 0.281. The van der Waals surface area contributed by atoms with Gasteiger partial charge in [-0.15, -0.1) is 18.2 Å². The van der Waals surface area contributed by atoms with Crippen molar-refractivity contribution < 1.29 is 18.7 Å². The molecule has 218 valence electrons. The monoisotopic (exact) mass is 608 g/mol. The maximum absolute atomic E-state index is 13.8. The van der Waals surface area contributed by atoms with E-state index in [1.807, 2.05) is 41.3 Å². The first-order chi connectivity index (χ1) is 20.3. The highest BCUT2D eigenvalue weighted by Crippen LogP contribution is 2.43. The van der Waals surface area contributed by atoms with Crippen LogP contribution in [-0.4, -0.2) is 59.6 Å². The molecular weight excluding hydrogens is 578 g/mol. The third-order valence-corrected chi connectivity index (χ3v) is 8.35. The van der Waals surface area contributed by atoms with Crippen LogP contribution in [0.15, 0.2) is 79.5 Å². The molecule has 7 nitrogen and oxygen atoms in total. The Morgan fingerprint density at radius 1 is 1.21 bits per heavy atom. The molecule has 1 amide bonds. The van der Waals surface area contributed by atoms with Gasteiger partial charge in [-0.05, 0) is 29.7 Å².